The Morgan fingerprint density at radius 2 is 1.88 bits per heavy atom. The first kappa shape index (κ1) is 21.8. The summed E-state index contributed by atoms with van der Waals surface area (Å²) in [7, 11) is 0. The summed E-state index contributed by atoms with van der Waals surface area (Å²) in [6.45, 7) is 14.5. The van der Waals surface area contributed by atoms with Crippen LogP contribution in [0, 0.1) is 22.2 Å². The van der Waals surface area contributed by atoms with Crippen LogP contribution < -0.4 is 5.73 Å². The second kappa shape index (κ2) is 7.98. The van der Waals surface area contributed by atoms with Crippen molar-refractivity contribution in [1.29, 1.82) is 5.41 Å². The Bertz CT molecular complexity index is 516. The number of nitrogens with one attached hydrogen (secondary N) is 1. The molecule has 0 aromatic carbocycles. The molecule has 1 rings (SSSR count). The molecule has 0 saturated heterocycles. The van der Waals surface area contributed by atoms with Crippen LogP contribution in [0.25, 0.3) is 0 Å². The number of aliphatic imine (C=N–C) groups is 1. The minimum Gasteiger partial charge on any atom is -0.459 e. The number of ether oxygens (including phenoxy) is 1. The van der Waals surface area contributed by atoms with E-state index in [1.807, 2.05) is 27.7 Å². The number of nitrogens with two attached hydrogens (primary N) is 1. The van der Waals surface area contributed by atoms with Gasteiger partial charge in [-0.25, -0.2) is 0 Å². The molecule has 1 aliphatic rings. The molecule has 0 spiro atoms. The second-order valence-corrected chi connectivity index (χ2v) is 9.83. The van der Waals surface area contributed by atoms with Gasteiger partial charge in [-0.05, 0) is 58.8 Å². The highest BCUT2D eigenvalue weighted by Gasteiger charge is 2.36. The molecule has 0 aromatic heterocycles. The third-order valence-electron chi connectivity index (χ3n) is 4.55. The van der Waals surface area contributed by atoms with Crippen LogP contribution in [0.15, 0.2) is 4.99 Å². The lowest BCUT2D eigenvalue weighted by Gasteiger charge is -2.35. The van der Waals surface area contributed by atoms with Gasteiger partial charge >= 0.3 is 5.97 Å². The second-order valence-electron chi connectivity index (χ2n) is 9.83. The number of carbonyl (C=O) groups excluding carboxylic acids is 1. The number of hydrogen-bond donors (Lipinski definition) is 2. The van der Waals surface area contributed by atoms with Crippen molar-refractivity contribution in [3.05, 3.63) is 0 Å². The summed E-state index contributed by atoms with van der Waals surface area (Å²) in [6.07, 6.45) is 4.95. The fourth-order valence-corrected chi connectivity index (χ4v) is 3.58. The average Bonchev–Trinajstić information content (AvgIpc) is 2.41. The summed E-state index contributed by atoms with van der Waals surface area (Å²) >= 11 is 0. The van der Waals surface area contributed by atoms with E-state index in [4.69, 9.17) is 15.9 Å². The molecule has 144 valence electrons. The summed E-state index contributed by atoms with van der Waals surface area (Å²) < 4.78 is 5.82. The first-order chi connectivity index (χ1) is 11.3. The number of hydrogen-bond acceptors (Lipinski definition) is 5. The van der Waals surface area contributed by atoms with Gasteiger partial charge in [-0.1, -0.05) is 20.8 Å². The van der Waals surface area contributed by atoms with Gasteiger partial charge in [0.2, 0.25) is 0 Å². The summed E-state index contributed by atoms with van der Waals surface area (Å²) in [5, 5.41) is 7.60. The molecule has 0 radical (unpaired) electrons. The molecule has 0 aromatic rings. The van der Waals surface area contributed by atoms with Gasteiger partial charge in [0.1, 0.15) is 5.60 Å². The lowest BCUT2D eigenvalue weighted by atomic mass is 9.83. The van der Waals surface area contributed by atoms with Crippen molar-refractivity contribution in [2.45, 2.75) is 85.8 Å². The highest BCUT2D eigenvalue weighted by Crippen LogP contribution is 2.32. The molecular weight excluding hydrogens is 314 g/mol. The van der Waals surface area contributed by atoms with E-state index in [1.165, 1.54) is 6.21 Å². The quantitative estimate of drug-likeness (QED) is 0.560. The van der Waals surface area contributed by atoms with Gasteiger partial charge in [0.15, 0.2) is 0 Å². The Balaban J connectivity index is 2.78. The molecule has 0 aliphatic heterocycles. The number of nitrogens with zero attached hydrogens (tertiary/aromatic N) is 1. The first-order valence-corrected chi connectivity index (χ1v) is 9.30. The Morgan fingerprint density at radius 1 is 1.28 bits per heavy atom. The van der Waals surface area contributed by atoms with Crippen molar-refractivity contribution in [1.82, 2.24) is 0 Å². The van der Waals surface area contributed by atoms with Gasteiger partial charge in [-0.15, -0.1) is 0 Å². The number of rotatable bonds is 6. The Hall–Kier alpha value is -1.23. The summed E-state index contributed by atoms with van der Waals surface area (Å²) in [6, 6.07) is -0.0363. The highest BCUT2D eigenvalue weighted by atomic mass is 16.6. The minimum atomic E-state index is -0.698. The maximum atomic E-state index is 12.7. The maximum Gasteiger partial charge on any atom is 0.313 e. The average molecular weight is 352 g/mol. The molecule has 1 aliphatic carbocycles. The molecule has 3 N–H and O–H groups in total. The van der Waals surface area contributed by atoms with E-state index < -0.39 is 11.0 Å². The van der Waals surface area contributed by atoms with Crippen LogP contribution in [-0.4, -0.2) is 36.1 Å². The first-order valence-electron chi connectivity index (χ1n) is 9.30. The van der Waals surface area contributed by atoms with Crippen LogP contribution in [0.4, 0.5) is 0 Å². The van der Waals surface area contributed by atoms with E-state index in [2.05, 4.69) is 25.8 Å². The van der Waals surface area contributed by atoms with Crippen LogP contribution in [-0.2, 0) is 9.53 Å². The van der Waals surface area contributed by atoms with Gasteiger partial charge in [-0.2, -0.15) is 0 Å². The fraction of sp³-hybridized carbons (Fsp3) is 0.850. The monoisotopic (exact) mass is 351 g/mol. The van der Waals surface area contributed by atoms with Crippen molar-refractivity contribution < 1.29 is 9.53 Å². The third-order valence-corrected chi connectivity index (χ3v) is 4.55. The van der Waals surface area contributed by atoms with Crippen LogP contribution >= 0.6 is 0 Å². The number of carbonyl (C=O) groups is 1. The zero-order valence-electron chi connectivity index (χ0n) is 17.1. The van der Waals surface area contributed by atoms with E-state index in [-0.39, 0.29) is 23.3 Å². The number of esters is 1. The van der Waals surface area contributed by atoms with Crippen LogP contribution in [0.1, 0.15) is 74.1 Å². The van der Waals surface area contributed by atoms with Crippen molar-refractivity contribution >= 4 is 17.9 Å². The summed E-state index contributed by atoms with van der Waals surface area (Å²) in [5.74, 6) is -0.324. The molecular formula is C20H37N3O2. The maximum absolute atomic E-state index is 12.7. The van der Waals surface area contributed by atoms with Gasteiger partial charge < -0.3 is 15.9 Å². The predicted molar refractivity (Wildman–Crippen MR) is 104 cm³/mol. The van der Waals surface area contributed by atoms with E-state index >= 15 is 0 Å². The fourth-order valence-electron chi connectivity index (χ4n) is 3.58. The molecule has 2 atom stereocenters. The van der Waals surface area contributed by atoms with Crippen LogP contribution in [0.3, 0.4) is 0 Å². The van der Waals surface area contributed by atoms with E-state index in [9.17, 15) is 4.79 Å². The normalized spacial score (nSPS) is 24.2. The van der Waals surface area contributed by atoms with Gasteiger partial charge in [0.25, 0.3) is 0 Å². The molecule has 2 unspecified atom stereocenters. The van der Waals surface area contributed by atoms with Crippen LogP contribution in [0.5, 0.6) is 0 Å². The standard InChI is InChI=1S/C20H37N3O2/c1-18(2,3)12-20(6,7)25-17(24)19(4,5)13-23-16-10-8-9-15(22)14(16)11-21/h11,14-15,21H,8-10,12-13,22H2,1-7H3. The zero-order chi connectivity index (χ0) is 19.5. The van der Waals surface area contributed by atoms with Crippen LogP contribution in [0.2, 0.25) is 0 Å². The Kier molecular flexibility index (Phi) is 6.96. The van der Waals surface area contributed by atoms with E-state index in [0.717, 1.165) is 31.4 Å². The molecule has 0 bridgehead atoms. The molecule has 1 saturated carbocycles. The lowest BCUT2D eigenvalue weighted by Crippen LogP contribution is -2.41. The topological polar surface area (TPSA) is 88.5 Å². The smallest absolute Gasteiger partial charge is 0.313 e. The third kappa shape index (κ3) is 6.89. The highest BCUT2D eigenvalue weighted by molar-refractivity contribution is 5.99. The van der Waals surface area contributed by atoms with Gasteiger partial charge in [0.05, 0.1) is 12.0 Å². The molecule has 0 amide bonds. The van der Waals surface area contributed by atoms with Crippen molar-refractivity contribution in [2.24, 2.45) is 27.5 Å². The summed E-state index contributed by atoms with van der Waals surface area (Å²) in [5.41, 5.74) is 5.92. The van der Waals surface area contributed by atoms with Crippen molar-refractivity contribution in [2.75, 3.05) is 6.54 Å². The molecule has 25 heavy (non-hydrogen) atoms. The van der Waals surface area contributed by atoms with Crippen molar-refractivity contribution in [3.8, 4) is 0 Å². The minimum absolute atomic E-state index is 0.0363. The molecule has 0 heterocycles. The van der Waals surface area contributed by atoms with E-state index in [0.29, 0.717) is 6.54 Å². The van der Waals surface area contributed by atoms with Gasteiger partial charge in [0, 0.05) is 23.9 Å². The Morgan fingerprint density at radius 3 is 2.40 bits per heavy atom. The molecule has 1 fully saturated rings. The molecule has 5 heteroatoms. The van der Waals surface area contributed by atoms with Crippen molar-refractivity contribution in [3.63, 3.8) is 0 Å². The predicted octanol–water partition coefficient (Wildman–Crippen LogP) is 3.99. The SMILES string of the molecule is CC(C)(C)CC(C)(C)OC(=O)C(C)(C)CN=C1CCCC(N)C1C=N. The van der Waals surface area contributed by atoms with E-state index in [1.54, 1.807) is 0 Å². The summed E-state index contributed by atoms with van der Waals surface area (Å²) in [4.78, 5) is 17.4. The van der Waals surface area contributed by atoms with Gasteiger partial charge in [-0.3, -0.25) is 9.79 Å². The molecule has 5 nitrogen and oxygen atoms in total. The zero-order valence-corrected chi connectivity index (χ0v) is 17.1. The lowest BCUT2D eigenvalue weighted by molar-refractivity contribution is -0.169. The Labute approximate surface area is 153 Å². The largest absolute Gasteiger partial charge is 0.459 e.